The van der Waals surface area contributed by atoms with Crippen LogP contribution in [0.25, 0.3) is 10.2 Å². The second-order valence-electron chi connectivity index (χ2n) is 8.90. The molecule has 0 radical (unpaired) electrons. The Morgan fingerprint density at radius 1 is 1.10 bits per heavy atom. The quantitative estimate of drug-likeness (QED) is 0.324. The minimum atomic E-state index is -4.01. The maximum Gasteiger partial charge on any atom is 0.263 e. The van der Waals surface area contributed by atoms with Gasteiger partial charge in [-0.3, -0.25) is 14.2 Å². The number of halogens is 1. The number of nitrogens with zero attached hydrogens (tertiary/aromatic N) is 7. The molecule has 0 saturated carbocycles. The van der Waals surface area contributed by atoms with Crippen molar-refractivity contribution in [2.75, 3.05) is 42.5 Å². The summed E-state index contributed by atoms with van der Waals surface area (Å²) < 4.78 is 30.1. The van der Waals surface area contributed by atoms with E-state index in [0.717, 1.165) is 15.9 Å². The van der Waals surface area contributed by atoms with E-state index in [-0.39, 0.29) is 35.8 Å². The third kappa shape index (κ3) is 5.26. The SMILES string of the molecule is CCN(C(=O)Cn1cnc2sc(C)c(S(=O)(=O)N3CCN(c4ncccn4)CC3)c2c1=O)c1cccc(Cl)c1. The van der Waals surface area contributed by atoms with Crippen LogP contribution in [0.1, 0.15) is 11.8 Å². The lowest BCUT2D eigenvalue weighted by atomic mass is 10.2. The van der Waals surface area contributed by atoms with Gasteiger partial charge in [0.1, 0.15) is 16.3 Å². The Bertz CT molecular complexity index is 1680. The first-order valence-corrected chi connectivity index (χ1v) is 14.9. The van der Waals surface area contributed by atoms with Crippen LogP contribution in [-0.2, 0) is 21.4 Å². The maximum atomic E-state index is 13.8. The number of piperazine rings is 1. The molecule has 39 heavy (non-hydrogen) atoms. The van der Waals surface area contributed by atoms with Crippen LogP contribution in [0.2, 0.25) is 5.02 Å². The molecule has 0 spiro atoms. The number of hydrogen-bond donors (Lipinski definition) is 0. The molecule has 1 aromatic carbocycles. The van der Waals surface area contributed by atoms with Gasteiger partial charge in [-0.1, -0.05) is 17.7 Å². The average molecular weight is 588 g/mol. The summed E-state index contributed by atoms with van der Waals surface area (Å²) in [5, 5.41) is 0.493. The second kappa shape index (κ2) is 11.0. The van der Waals surface area contributed by atoms with Gasteiger partial charge in [-0.25, -0.2) is 23.4 Å². The molecule has 0 bridgehead atoms. The zero-order chi connectivity index (χ0) is 27.7. The first-order chi connectivity index (χ1) is 18.7. The van der Waals surface area contributed by atoms with E-state index in [1.807, 2.05) is 11.8 Å². The number of sulfonamides is 1. The average Bonchev–Trinajstić information content (AvgIpc) is 3.29. The van der Waals surface area contributed by atoms with Crippen LogP contribution in [0.4, 0.5) is 11.6 Å². The molecule has 11 nitrogen and oxygen atoms in total. The zero-order valence-electron chi connectivity index (χ0n) is 21.3. The van der Waals surface area contributed by atoms with E-state index < -0.39 is 15.6 Å². The van der Waals surface area contributed by atoms with Gasteiger partial charge < -0.3 is 9.80 Å². The summed E-state index contributed by atoms with van der Waals surface area (Å²) in [5.41, 5.74) is 0.0292. The number of aryl methyl sites for hydroxylation is 1. The molecule has 204 valence electrons. The van der Waals surface area contributed by atoms with Crippen molar-refractivity contribution in [1.29, 1.82) is 0 Å². The van der Waals surface area contributed by atoms with E-state index in [4.69, 9.17) is 11.6 Å². The van der Waals surface area contributed by atoms with Gasteiger partial charge in [0.15, 0.2) is 0 Å². The highest BCUT2D eigenvalue weighted by Crippen LogP contribution is 2.33. The summed E-state index contributed by atoms with van der Waals surface area (Å²) in [6.07, 6.45) is 4.58. The molecule has 0 aliphatic carbocycles. The molecule has 0 unspecified atom stereocenters. The number of fused-ring (bicyclic) bond motifs is 1. The molecular weight excluding hydrogens is 562 g/mol. The molecule has 1 aliphatic heterocycles. The standard InChI is InChI=1S/C25H26ClN7O4S2/c1-3-33(19-7-4-6-18(26)14-19)20(34)15-31-16-29-23-21(24(31)35)22(17(2)38-23)39(36,37)32-12-10-30(11-13-32)25-27-8-5-9-28-25/h4-9,14,16H,3,10-13,15H2,1-2H3. The molecule has 0 atom stereocenters. The van der Waals surface area contributed by atoms with Gasteiger partial charge in [-0.05, 0) is 38.1 Å². The number of carbonyl (C=O) groups excluding carboxylic acids is 1. The van der Waals surface area contributed by atoms with Crippen molar-refractivity contribution in [3.05, 3.63) is 69.3 Å². The number of amides is 1. The number of thiophene rings is 1. The number of aromatic nitrogens is 4. The highest BCUT2D eigenvalue weighted by atomic mass is 35.5. The Balaban J connectivity index is 1.43. The zero-order valence-corrected chi connectivity index (χ0v) is 23.7. The fourth-order valence-electron chi connectivity index (χ4n) is 4.63. The van der Waals surface area contributed by atoms with Crippen LogP contribution >= 0.6 is 22.9 Å². The monoisotopic (exact) mass is 587 g/mol. The van der Waals surface area contributed by atoms with Crippen molar-refractivity contribution in [2.24, 2.45) is 0 Å². The van der Waals surface area contributed by atoms with E-state index in [1.54, 1.807) is 49.6 Å². The van der Waals surface area contributed by atoms with Crippen molar-refractivity contribution in [2.45, 2.75) is 25.3 Å². The first-order valence-electron chi connectivity index (χ1n) is 12.3. The summed E-state index contributed by atoms with van der Waals surface area (Å²) in [6, 6.07) is 8.60. The number of rotatable bonds is 7. The first kappa shape index (κ1) is 27.2. The lowest BCUT2D eigenvalue weighted by Crippen LogP contribution is -2.49. The topological polar surface area (TPSA) is 122 Å². The van der Waals surface area contributed by atoms with E-state index in [1.165, 1.54) is 15.5 Å². The summed E-state index contributed by atoms with van der Waals surface area (Å²) in [4.78, 5) is 43.8. The van der Waals surface area contributed by atoms with Crippen LogP contribution in [-0.4, -0.2) is 70.9 Å². The normalized spacial score (nSPS) is 14.6. The molecule has 1 aliphatic rings. The van der Waals surface area contributed by atoms with Crippen molar-refractivity contribution in [3.63, 3.8) is 0 Å². The van der Waals surface area contributed by atoms with E-state index >= 15 is 0 Å². The van der Waals surface area contributed by atoms with Crippen LogP contribution < -0.4 is 15.4 Å². The van der Waals surface area contributed by atoms with Crippen LogP contribution in [0, 0.1) is 6.92 Å². The van der Waals surface area contributed by atoms with Gasteiger partial charge in [0.2, 0.25) is 21.9 Å². The Kier molecular flexibility index (Phi) is 7.67. The van der Waals surface area contributed by atoms with Crippen molar-refractivity contribution in [1.82, 2.24) is 23.8 Å². The van der Waals surface area contributed by atoms with E-state index in [9.17, 15) is 18.0 Å². The number of carbonyl (C=O) groups is 1. The largest absolute Gasteiger partial charge is 0.338 e. The summed E-state index contributed by atoms with van der Waals surface area (Å²) in [6.45, 7) is 4.81. The predicted octanol–water partition coefficient (Wildman–Crippen LogP) is 2.77. The second-order valence-corrected chi connectivity index (χ2v) is 12.4. The number of anilines is 2. The lowest BCUT2D eigenvalue weighted by Gasteiger charge is -2.33. The molecule has 4 aromatic rings. The van der Waals surface area contributed by atoms with Gasteiger partial charge >= 0.3 is 0 Å². The van der Waals surface area contributed by atoms with Gasteiger partial charge in [-0.2, -0.15) is 4.31 Å². The van der Waals surface area contributed by atoms with Gasteiger partial charge in [0.05, 0.1) is 11.7 Å². The van der Waals surface area contributed by atoms with Gasteiger partial charge in [-0.15, -0.1) is 11.3 Å². The van der Waals surface area contributed by atoms with Crippen LogP contribution in [0.15, 0.2) is 58.7 Å². The molecule has 1 fully saturated rings. The smallest absolute Gasteiger partial charge is 0.263 e. The Labute approximate surface area is 234 Å². The number of likely N-dealkylation sites (N-methyl/N-ethyl adjacent to an activating group) is 1. The predicted molar refractivity (Wildman–Crippen MR) is 151 cm³/mol. The molecule has 4 heterocycles. The summed E-state index contributed by atoms with van der Waals surface area (Å²) in [5.74, 6) is 0.195. The third-order valence-electron chi connectivity index (χ3n) is 6.51. The molecule has 0 N–H and O–H groups in total. The molecular formula is C25H26ClN7O4S2. The highest BCUT2D eigenvalue weighted by Gasteiger charge is 2.34. The number of benzene rings is 1. The molecule has 14 heteroatoms. The Hall–Kier alpha value is -3.39. The third-order valence-corrected chi connectivity index (χ3v) is 9.96. The lowest BCUT2D eigenvalue weighted by molar-refractivity contribution is -0.119. The number of hydrogen-bond acceptors (Lipinski definition) is 9. The Morgan fingerprint density at radius 2 is 1.82 bits per heavy atom. The molecule has 1 amide bonds. The fraction of sp³-hybridized carbons (Fsp3) is 0.320. The molecule has 3 aromatic heterocycles. The molecule has 5 rings (SSSR count). The van der Waals surface area contributed by atoms with E-state index in [0.29, 0.717) is 46.0 Å². The summed E-state index contributed by atoms with van der Waals surface area (Å²) >= 11 is 7.24. The van der Waals surface area contributed by atoms with Gasteiger partial charge in [0, 0.05) is 60.7 Å². The fourth-order valence-corrected chi connectivity index (χ4v) is 7.90. The highest BCUT2D eigenvalue weighted by molar-refractivity contribution is 7.89. The van der Waals surface area contributed by atoms with Crippen molar-refractivity contribution >= 4 is 60.7 Å². The molecule has 1 saturated heterocycles. The van der Waals surface area contributed by atoms with Crippen molar-refractivity contribution < 1.29 is 13.2 Å². The van der Waals surface area contributed by atoms with Gasteiger partial charge in [0.25, 0.3) is 5.56 Å². The summed E-state index contributed by atoms with van der Waals surface area (Å²) in [7, 11) is -4.01. The minimum Gasteiger partial charge on any atom is -0.338 e. The Morgan fingerprint density at radius 3 is 2.49 bits per heavy atom. The maximum absolute atomic E-state index is 13.8. The minimum absolute atomic E-state index is 0.00688. The van der Waals surface area contributed by atoms with Crippen LogP contribution in [0.5, 0.6) is 0 Å². The van der Waals surface area contributed by atoms with E-state index in [2.05, 4.69) is 15.0 Å². The van der Waals surface area contributed by atoms with Crippen LogP contribution in [0.3, 0.4) is 0 Å². The van der Waals surface area contributed by atoms with Crippen molar-refractivity contribution in [3.8, 4) is 0 Å².